The average Bonchev–Trinajstić information content (AvgIpc) is 2.26. The van der Waals surface area contributed by atoms with E-state index in [1.807, 2.05) is 6.07 Å². The van der Waals surface area contributed by atoms with Crippen LogP contribution in [0.5, 0.6) is 5.75 Å². The molecular formula is C12H15BrCl2O. The number of ether oxygens (including phenoxy) is 1. The second kappa shape index (κ2) is 7.41. The van der Waals surface area contributed by atoms with Crippen molar-refractivity contribution in [2.75, 3.05) is 6.61 Å². The number of halogens is 3. The van der Waals surface area contributed by atoms with Gasteiger partial charge in [-0.25, -0.2) is 0 Å². The molecule has 0 aromatic heterocycles. The van der Waals surface area contributed by atoms with Crippen LogP contribution >= 0.6 is 39.1 Å². The first-order valence-corrected chi connectivity index (χ1v) is 7.23. The van der Waals surface area contributed by atoms with Crippen molar-refractivity contribution < 1.29 is 4.74 Å². The highest BCUT2D eigenvalue weighted by Crippen LogP contribution is 2.33. The van der Waals surface area contributed by atoms with Crippen molar-refractivity contribution >= 4 is 39.1 Å². The third kappa shape index (κ3) is 4.15. The van der Waals surface area contributed by atoms with Crippen molar-refractivity contribution in [1.29, 1.82) is 0 Å². The number of rotatable bonds is 6. The van der Waals surface area contributed by atoms with Crippen LogP contribution in [0.2, 0.25) is 10.0 Å². The van der Waals surface area contributed by atoms with Crippen molar-refractivity contribution in [1.82, 2.24) is 0 Å². The number of unbranched alkanes of at least 4 members (excludes halogenated alkanes) is 2. The van der Waals surface area contributed by atoms with Crippen LogP contribution in [0.1, 0.15) is 31.7 Å². The molecule has 0 saturated carbocycles. The van der Waals surface area contributed by atoms with E-state index in [0.29, 0.717) is 22.0 Å². The average molecular weight is 326 g/mol. The maximum atomic E-state index is 6.10. The summed E-state index contributed by atoms with van der Waals surface area (Å²) >= 11 is 15.4. The number of hydrogen-bond donors (Lipinski definition) is 0. The zero-order valence-electron chi connectivity index (χ0n) is 9.23. The molecule has 0 aliphatic carbocycles. The van der Waals surface area contributed by atoms with Crippen molar-refractivity contribution in [2.24, 2.45) is 0 Å². The Bertz CT molecular complexity index is 342. The van der Waals surface area contributed by atoms with E-state index in [9.17, 15) is 0 Å². The number of benzene rings is 1. The normalized spacial score (nSPS) is 10.5. The predicted molar refractivity (Wildman–Crippen MR) is 74.1 cm³/mol. The molecular weight excluding hydrogens is 311 g/mol. The minimum atomic E-state index is 0.582. The van der Waals surface area contributed by atoms with Crippen LogP contribution in [0.25, 0.3) is 0 Å². The summed E-state index contributed by atoms with van der Waals surface area (Å²) in [6.45, 7) is 2.87. The van der Waals surface area contributed by atoms with Crippen molar-refractivity contribution in [3.63, 3.8) is 0 Å². The highest BCUT2D eigenvalue weighted by molar-refractivity contribution is 9.08. The van der Waals surface area contributed by atoms with E-state index in [0.717, 1.165) is 17.7 Å². The summed E-state index contributed by atoms with van der Waals surface area (Å²) in [5, 5.41) is 1.91. The summed E-state index contributed by atoms with van der Waals surface area (Å²) in [5.41, 5.74) is 0.994. The van der Waals surface area contributed by atoms with E-state index >= 15 is 0 Å². The fourth-order valence-corrected chi connectivity index (χ4v) is 2.41. The Morgan fingerprint density at radius 3 is 2.62 bits per heavy atom. The first-order chi connectivity index (χ1) is 7.69. The van der Waals surface area contributed by atoms with Gasteiger partial charge in [-0.15, -0.1) is 0 Å². The maximum Gasteiger partial charge on any atom is 0.142 e. The molecule has 0 spiro atoms. The van der Waals surface area contributed by atoms with Crippen molar-refractivity contribution in [3.8, 4) is 5.75 Å². The Morgan fingerprint density at radius 2 is 2.00 bits per heavy atom. The van der Waals surface area contributed by atoms with Gasteiger partial charge in [-0.3, -0.25) is 0 Å². The summed E-state index contributed by atoms with van der Waals surface area (Å²) in [6, 6.07) is 3.59. The van der Waals surface area contributed by atoms with Crippen LogP contribution in [-0.4, -0.2) is 6.61 Å². The van der Waals surface area contributed by atoms with E-state index < -0.39 is 0 Å². The highest BCUT2D eigenvalue weighted by atomic mass is 79.9. The molecule has 0 heterocycles. The van der Waals surface area contributed by atoms with Gasteiger partial charge in [0.05, 0.1) is 11.6 Å². The Hall–Kier alpha value is 0.0800. The molecule has 0 N–H and O–H groups in total. The zero-order valence-corrected chi connectivity index (χ0v) is 12.3. The van der Waals surface area contributed by atoms with Gasteiger partial charge in [-0.1, -0.05) is 58.9 Å². The van der Waals surface area contributed by atoms with Gasteiger partial charge in [0.15, 0.2) is 0 Å². The lowest BCUT2D eigenvalue weighted by Crippen LogP contribution is -2.00. The van der Waals surface area contributed by atoms with Crippen LogP contribution in [0.4, 0.5) is 0 Å². The van der Waals surface area contributed by atoms with Crippen LogP contribution in [0.15, 0.2) is 12.1 Å². The lowest BCUT2D eigenvalue weighted by Gasteiger charge is -2.12. The molecule has 4 heteroatoms. The van der Waals surface area contributed by atoms with E-state index in [-0.39, 0.29) is 0 Å². The van der Waals surface area contributed by atoms with Gasteiger partial charge < -0.3 is 4.74 Å². The minimum Gasteiger partial charge on any atom is -0.492 e. The molecule has 0 aliphatic heterocycles. The molecule has 0 bridgehead atoms. The molecule has 0 aliphatic rings. The Kier molecular flexibility index (Phi) is 6.55. The van der Waals surface area contributed by atoms with Crippen LogP contribution < -0.4 is 4.74 Å². The fourth-order valence-electron chi connectivity index (χ4n) is 1.40. The van der Waals surface area contributed by atoms with Crippen LogP contribution in [0, 0.1) is 0 Å². The monoisotopic (exact) mass is 324 g/mol. The third-order valence-electron chi connectivity index (χ3n) is 2.22. The van der Waals surface area contributed by atoms with Gasteiger partial charge in [-0.2, -0.15) is 0 Å². The molecule has 0 radical (unpaired) electrons. The van der Waals surface area contributed by atoms with Crippen LogP contribution in [-0.2, 0) is 5.33 Å². The predicted octanol–water partition coefficient (Wildman–Crippen LogP) is 5.46. The highest BCUT2D eigenvalue weighted by Gasteiger charge is 2.09. The molecule has 0 unspecified atom stereocenters. The van der Waals surface area contributed by atoms with E-state index in [1.54, 1.807) is 6.07 Å². The largest absolute Gasteiger partial charge is 0.492 e. The second-order valence-electron chi connectivity index (χ2n) is 3.57. The van der Waals surface area contributed by atoms with E-state index in [4.69, 9.17) is 27.9 Å². The molecule has 0 atom stereocenters. The Labute approximate surface area is 115 Å². The van der Waals surface area contributed by atoms with E-state index in [2.05, 4.69) is 22.9 Å². The van der Waals surface area contributed by atoms with Crippen LogP contribution in [0.3, 0.4) is 0 Å². The van der Waals surface area contributed by atoms with Gasteiger partial charge in [0, 0.05) is 15.9 Å². The molecule has 1 nitrogen and oxygen atoms in total. The number of alkyl halides is 1. The first kappa shape index (κ1) is 14.1. The molecule has 1 aromatic rings. The van der Waals surface area contributed by atoms with Crippen molar-refractivity contribution in [2.45, 2.75) is 31.5 Å². The molecule has 90 valence electrons. The molecule has 16 heavy (non-hydrogen) atoms. The summed E-state index contributed by atoms with van der Waals surface area (Å²) in [7, 11) is 0. The molecule has 1 aromatic carbocycles. The number of hydrogen-bond acceptors (Lipinski definition) is 1. The standard InChI is InChI=1S/C12H15BrCl2O/c1-2-3-4-5-16-12-9(8-13)6-10(14)7-11(12)15/h6-7H,2-5,8H2,1H3. The minimum absolute atomic E-state index is 0.582. The fraction of sp³-hybridized carbons (Fsp3) is 0.500. The van der Waals surface area contributed by atoms with Gasteiger partial charge in [0.2, 0.25) is 0 Å². The first-order valence-electron chi connectivity index (χ1n) is 5.35. The maximum absolute atomic E-state index is 6.10. The molecule has 0 fully saturated rings. The second-order valence-corrected chi connectivity index (χ2v) is 4.97. The smallest absolute Gasteiger partial charge is 0.142 e. The molecule has 0 saturated heterocycles. The topological polar surface area (TPSA) is 9.23 Å². The SMILES string of the molecule is CCCCCOc1c(Cl)cc(Cl)cc1CBr. The van der Waals surface area contributed by atoms with Gasteiger partial charge in [0.25, 0.3) is 0 Å². The summed E-state index contributed by atoms with van der Waals surface area (Å²) in [5.74, 6) is 0.749. The summed E-state index contributed by atoms with van der Waals surface area (Å²) < 4.78 is 5.70. The van der Waals surface area contributed by atoms with E-state index in [1.165, 1.54) is 12.8 Å². The molecule has 0 amide bonds. The zero-order chi connectivity index (χ0) is 12.0. The lowest BCUT2D eigenvalue weighted by atomic mass is 10.2. The van der Waals surface area contributed by atoms with Gasteiger partial charge >= 0.3 is 0 Å². The van der Waals surface area contributed by atoms with Gasteiger partial charge in [0.1, 0.15) is 5.75 Å². The summed E-state index contributed by atoms with van der Waals surface area (Å²) in [6.07, 6.45) is 3.41. The quantitative estimate of drug-likeness (QED) is 0.498. The summed E-state index contributed by atoms with van der Waals surface area (Å²) in [4.78, 5) is 0. The Morgan fingerprint density at radius 1 is 1.25 bits per heavy atom. The lowest BCUT2D eigenvalue weighted by molar-refractivity contribution is 0.304. The molecule has 1 rings (SSSR count). The third-order valence-corrected chi connectivity index (χ3v) is 3.33. The van der Waals surface area contributed by atoms with Crippen molar-refractivity contribution in [3.05, 3.63) is 27.7 Å². The van der Waals surface area contributed by atoms with Gasteiger partial charge in [-0.05, 0) is 18.6 Å². The Balaban J connectivity index is 2.70.